The molecule has 2 unspecified atom stereocenters. The van der Waals surface area contributed by atoms with E-state index in [0.717, 1.165) is 11.8 Å². The Morgan fingerprint density at radius 1 is 1.58 bits per heavy atom. The van der Waals surface area contributed by atoms with Crippen LogP contribution in [0.15, 0.2) is 12.7 Å². The van der Waals surface area contributed by atoms with Gasteiger partial charge in [0, 0.05) is 0 Å². The monoisotopic (exact) mass is 165 g/mol. The average molecular weight is 165 g/mol. The Kier molecular flexibility index (Phi) is 4.42. The standard InChI is InChI=1S/C12H21/c1-3-5-8-12-10-7-6-9-11(12)4-2/h4,10-12H,2-3,5-9H2,1H3. The maximum Gasteiger partial charge on any atom is -0.0205 e. The summed E-state index contributed by atoms with van der Waals surface area (Å²) in [5.74, 6) is 1.63. The van der Waals surface area contributed by atoms with Gasteiger partial charge in [0.2, 0.25) is 0 Å². The molecule has 0 aromatic rings. The lowest BCUT2D eigenvalue weighted by Crippen LogP contribution is -2.17. The second-order valence-corrected chi connectivity index (χ2v) is 3.87. The van der Waals surface area contributed by atoms with Gasteiger partial charge < -0.3 is 0 Å². The fraction of sp³-hybridized carbons (Fsp3) is 0.750. The molecule has 0 N–H and O–H groups in total. The largest absolute Gasteiger partial charge is 0.103 e. The van der Waals surface area contributed by atoms with E-state index in [0.29, 0.717) is 0 Å². The molecule has 1 aliphatic rings. The van der Waals surface area contributed by atoms with Crippen molar-refractivity contribution in [3.63, 3.8) is 0 Å². The van der Waals surface area contributed by atoms with Crippen molar-refractivity contribution in [2.45, 2.75) is 45.4 Å². The highest BCUT2D eigenvalue weighted by Crippen LogP contribution is 2.33. The molecule has 0 nitrogen and oxygen atoms in total. The van der Waals surface area contributed by atoms with Crippen LogP contribution >= 0.6 is 0 Å². The Balaban J connectivity index is 2.31. The average Bonchev–Trinajstić information content (AvgIpc) is 2.15. The first-order valence-electron chi connectivity index (χ1n) is 5.34. The minimum absolute atomic E-state index is 0.783. The van der Waals surface area contributed by atoms with Gasteiger partial charge in [-0.15, -0.1) is 6.58 Å². The van der Waals surface area contributed by atoms with Crippen molar-refractivity contribution in [3.8, 4) is 0 Å². The van der Waals surface area contributed by atoms with Crippen molar-refractivity contribution >= 4 is 0 Å². The van der Waals surface area contributed by atoms with Crippen molar-refractivity contribution in [1.82, 2.24) is 0 Å². The molecule has 2 atom stereocenters. The summed E-state index contributed by atoms with van der Waals surface area (Å²) < 4.78 is 0. The number of hydrogen-bond acceptors (Lipinski definition) is 0. The van der Waals surface area contributed by atoms with Gasteiger partial charge in [-0.05, 0) is 37.5 Å². The molecule has 1 aliphatic carbocycles. The topological polar surface area (TPSA) is 0 Å². The quantitative estimate of drug-likeness (QED) is 0.553. The van der Waals surface area contributed by atoms with Gasteiger partial charge in [-0.25, -0.2) is 0 Å². The predicted molar refractivity (Wildman–Crippen MR) is 54.9 cm³/mol. The third-order valence-electron chi connectivity index (χ3n) is 2.95. The van der Waals surface area contributed by atoms with E-state index in [-0.39, 0.29) is 0 Å². The fourth-order valence-electron chi connectivity index (χ4n) is 2.14. The van der Waals surface area contributed by atoms with E-state index in [4.69, 9.17) is 0 Å². The molecule has 1 radical (unpaired) electrons. The predicted octanol–water partition coefficient (Wildman–Crippen LogP) is 3.98. The smallest absolute Gasteiger partial charge is 0.0205 e. The molecule has 0 spiro atoms. The molecule has 0 amide bonds. The molecule has 0 aromatic heterocycles. The van der Waals surface area contributed by atoms with Crippen molar-refractivity contribution in [2.75, 3.05) is 0 Å². The van der Waals surface area contributed by atoms with Crippen LogP contribution in [0.3, 0.4) is 0 Å². The van der Waals surface area contributed by atoms with Crippen LogP contribution in [0, 0.1) is 18.3 Å². The molecule has 0 saturated heterocycles. The molecular formula is C12H21. The van der Waals surface area contributed by atoms with E-state index in [1.807, 2.05) is 0 Å². The maximum atomic E-state index is 3.92. The first kappa shape index (κ1) is 9.83. The van der Waals surface area contributed by atoms with E-state index < -0.39 is 0 Å². The maximum absolute atomic E-state index is 3.92. The van der Waals surface area contributed by atoms with Gasteiger partial charge in [0.15, 0.2) is 0 Å². The van der Waals surface area contributed by atoms with Crippen LogP contribution in [0.2, 0.25) is 0 Å². The van der Waals surface area contributed by atoms with Crippen molar-refractivity contribution < 1.29 is 0 Å². The minimum atomic E-state index is 0.783. The van der Waals surface area contributed by atoms with Crippen LogP contribution in [0.25, 0.3) is 0 Å². The summed E-state index contributed by atoms with van der Waals surface area (Å²) in [6, 6.07) is 0. The second kappa shape index (κ2) is 5.40. The molecule has 1 fully saturated rings. The summed E-state index contributed by atoms with van der Waals surface area (Å²) >= 11 is 0. The molecule has 0 aliphatic heterocycles. The zero-order valence-electron chi connectivity index (χ0n) is 8.26. The SMILES string of the molecule is C=CC1CCC[CH]C1CCCC. The number of hydrogen-bond donors (Lipinski definition) is 0. The summed E-state index contributed by atoms with van der Waals surface area (Å²) in [6.07, 6.45) is 12.8. The van der Waals surface area contributed by atoms with Crippen molar-refractivity contribution in [1.29, 1.82) is 0 Å². The summed E-state index contributed by atoms with van der Waals surface area (Å²) in [6.45, 7) is 6.19. The lowest BCUT2D eigenvalue weighted by molar-refractivity contribution is 0.330. The summed E-state index contributed by atoms with van der Waals surface area (Å²) in [5.41, 5.74) is 0. The third-order valence-corrected chi connectivity index (χ3v) is 2.95. The number of unbranched alkanes of at least 4 members (excludes halogenated alkanes) is 1. The zero-order chi connectivity index (χ0) is 8.81. The highest BCUT2D eigenvalue weighted by Gasteiger charge is 2.21. The Hall–Kier alpha value is -0.260. The first-order valence-corrected chi connectivity index (χ1v) is 5.34. The first-order chi connectivity index (χ1) is 5.88. The highest BCUT2D eigenvalue weighted by molar-refractivity contribution is 4.94. The summed E-state index contributed by atoms with van der Waals surface area (Å²) in [4.78, 5) is 0. The van der Waals surface area contributed by atoms with Crippen LogP contribution < -0.4 is 0 Å². The number of rotatable bonds is 4. The molecule has 69 valence electrons. The van der Waals surface area contributed by atoms with E-state index in [2.05, 4.69) is 26.0 Å². The van der Waals surface area contributed by atoms with Gasteiger partial charge in [0.1, 0.15) is 0 Å². The molecular weight excluding hydrogens is 144 g/mol. The van der Waals surface area contributed by atoms with E-state index in [9.17, 15) is 0 Å². The van der Waals surface area contributed by atoms with Crippen LogP contribution in [-0.2, 0) is 0 Å². The Morgan fingerprint density at radius 2 is 2.42 bits per heavy atom. The van der Waals surface area contributed by atoms with Crippen LogP contribution in [0.1, 0.15) is 45.4 Å². The number of allylic oxidation sites excluding steroid dienone is 1. The van der Waals surface area contributed by atoms with E-state index >= 15 is 0 Å². The van der Waals surface area contributed by atoms with Crippen LogP contribution in [0.5, 0.6) is 0 Å². The molecule has 0 heterocycles. The van der Waals surface area contributed by atoms with E-state index in [1.54, 1.807) is 0 Å². The molecule has 0 heteroatoms. The van der Waals surface area contributed by atoms with Gasteiger partial charge in [-0.1, -0.05) is 32.3 Å². The third kappa shape index (κ3) is 2.66. The lowest BCUT2D eigenvalue weighted by Gasteiger charge is -2.28. The zero-order valence-corrected chi connectivity index (χ0v) is 8.26. The van der Waals surface area contributed by atoms with Crippen LogP contribution in [0.4, 0.5) is 0 Å². The summed E-state index contributed by atoms with van der Waals surface area (Å²) in [7, 11) is 0. The second-order valence-electron chi connectivity index (χ2n) is 3.87. The lowest BCUT2D eigenvalue weighted by atomic mass is 9.77. The van der Waals surface area contributed by atoms with E-state index in [1.165, 1.54) is 38.5 Å². The van der Waals surface area contributed by atoms with Gasteiger partial charge in [0.05, 0.1) is 0 Å². The van der Waals surface area contributed by atoms with Gasteiger partial charge in [-0.2, -0.15) is 0 Å². The van der Waals surface area contributed by atoms with Gasteiger partial charge in [-0.3, -0.25) is 0 Å². The minimum Gasteiger partial charge on any atom is -0.103 e. The molecule has 0 bridgehead atoms. The van der Waals surface area contributed by atoms with Crippen molar-refractivity contribution in [2.24, 2.45) is 11.8 Å². The molecule has 12 heavy (non-hydrogen) atoms. The Morgan fingerprint density at radius 3 is 3.08 bits per heavy atom. The van der Waals surface area contributed by atoms with Gasteiger partial charge >= 0.3 is 0 Å². The summed E-state index contributed by atoms with van der Waals surface area (Å²) in [5, 5.41) is 0. The van der Waals surface area contributed by atoms with Crippen molar-refractivity contribution in [3.05, 3.63) is 19.1 Å². The normalized spacial score (nSPS) is 30.1. The molecule has 0 aromatic carbocycles. The Bertz CT molecular complexity index is 126. The molecule has 1 saturated carbocycles. The Labute approximate surface area is 77.1 Å². The fourth-order valence-corrected chi connectivity index (χ4v) is 2.14. The van der Waals surface area contributed by atoms with Gasteiger partial charge in [0.25, 0.3) is 0 Å². The highest BCUT2D eigenvalue weighted by atomic mass is 14.3. The van der Waals surface area contributed by atoms with Crippen LogP contribution in [-0.4, -0.2) is 0 Å². The molecule has 1 rings (SSSR count).